The van der Waals surface area contributed by atoms with Crippen molar-refractivity contribution in [3.05, 3.63) is 41.5 Å². The molecule has 0 radical (unpaired) electrons. The van der Waals surface area contributed by atoms with Crippen molar-refractivity contribution in [2.75, 3.05) is 6.61 Å². The number of nitriles is 1. The minimum Gasteiger partial charge on any atom is -0.493 e. The third kappa shape index (κ3) is 4.06. The van der Waals surface area contributed by atoms with E-state index in [0.29, 0.717) is 12.2 Å². The Kier molecular flexibility index (Phi) is 5.33. The standard InChI is InChI=1S/C16H20N4O/c1-3-15-18-16(4-2)20(19-15)9-6-10-21-14-8-5-7-13(11-14)12-17/h5,7-8,11H,3-4,6,9-10H2,1-2H3. The highest BCUT2D eigenvalue weighted by molar-refractivity contribution is 5.36. The van der Waals surface area contributed by atoms with Crippen molar-refractivity contribution in [1.82, 2.24) is 14.8 Å². The van der Waals surface area contributed by atoms with Crippen molar-refractivity contribution >= 4 is 0 Å². The minimum atomic E-state index is 0.597. The summed E-state index contributed by atoms with van der Waals surface area (Å²) < 4.78 is 7.63. The Balaban J connectivity index is 1.84. The SMILES string of the molecule is CCc1nc(CC)n(CCCOc2cccc(C#N)c2)n1. The molecule has 1 heterocycles. The van der Waals surface area contributed by atoms with Crippen LogP contribution in [0.2, 0.25) is 0 Å². The predicted molar refractivity (Wildman–Crippen MR) is 80.0 cm³/mol. The van der Waals surface area contributed by atoms with Crippen LogP contribution in [0.5, 0.6) is 5.75 Å². The fraction of sp³-hybridized carbons (Fsp3) is 0.438. The van der Waals surface area contributed by atoms with Gasteiger partial charge in [0.2, 0.25) is 0 Å². The Morgan fingerprint density at radius 1 is 1.29 bits per heavy atom. The lowest BCUT2D eigenvalue weighted by atomic mass is 10.2. The molecule has 2 rings (SSSR count). The second kappa shape index (κ2) is 7.44. The maximum atomic E-state index is 8.84. The Hall–Kier alpha value is -2.35. The van der Waals surface area contributed by atoms with Gasteiger partial charge in [0.25, 0.3) is 0 Å². The van der Waals surface area contributed by atoms with E-state index in [-0.39, 0.29) is 0 Å². The van der Waals surface area contributed by atoms with Crippen LogP contribution in [0.25, 0.3) is 0 Å². The second-order valence-electron chi connectivity index (χ2n) is 4.72. The number of rotatable bonds is 7. The van der Waals surface area contributed by atoms with Crippen molar-refractivity contribution in [2.24, 2.45) is 0 Å². The van der Waals surface area contributed by atoms with Crippen LogP contribution >= 0.6 is 0 Å². The van der Waals surface area contributed by atoms with Gasteiger partial charge in [-0.3, -0.25) is 0 Å². The van der Waals surface area contributed by atoms with Crippen LogP contribution in [0.15, 0.2) is 24.3 Å². The van der Waals surface area contributed by atoms with Crippen LogP contribution in [0.1, 0.15) is 37.5 Å². The van der Waals surface area contributed by atoms with Gasteiger partial charge in [0.1, 0.15) is 11.6 Å². The maximum Gasteiger partial charge on any atom is 0.150 e. The van der Waals surface area contributed by atoms with E-state index in [1.54, 1.807) is 12.1 Å². The van der Waals surface area contributed by atoms with Gasteiger partial charge in [-0.15, -0.1) is 0 Å². The Morgan fingerprint density at radius 2 is 2.14 bits per heavy atom. The molecular formula is C16H20N4O. The fourth-order valence-electron chi connectivity index (χ4n) is 2.08. The van der Waals surface area contributed by atoms with Gasteiger partial charge in [-0.25, -0.2) is 9.67 Å². The summed E-state index contributed by atoms with van der Waals surface area (Å²) in [6.07, 6.45) is 2.60. The highest BCUT2D eigenvalue weighted by atomic mass is 16.5. The second-order valence-corrected chi connectivity index (χ2v) is 4.72. The first-order valence-electron chi connectivity index (χ1n) is 7.32. The normalized spacial score (nSPS) is 10.3. The minimum absolute atomic E-state index is 0.597. The lowest BCUT2D eigenvalue weighted by Gasteiger charge is -2.07. The van der Waals surface area contributed by atoms with Crippen LogP contribution in [0, 0.1) is 11.3 Å². The number of nitrogens with zero attached hydrogens (tertiary/aromatic N) is 4. The van der Waals surface area contributed by atoms with Crippen molar-refractivity contribution in [1.29, 1.82) is 5.26 Å². The van der Waals surface area contributed by atoms with Gasteiger partial charge in [0.15, 0.2) is 5.82 Å². The van der Waals surface area contributed by atoms with Crippen LogP contribution in [-0.2, 0) is 19.4 Å². The quantitative estimate of drug-likeness (QED) is 0.733. The zero-order valence-electron chi connectivity index (χ0n) is 12.5. The van der Waals surface area contributed by atoms with Crippen LogP contribution in [0.4, 0.5) is 0 Å². The van der Waals surface area contributed by atoms with Gasteiger partial charge in [-0.1, -0.05) is 19.9 Å². The molecule has 21 heavy (non-hydrogen) atoms. The van der Waals surface area contributed by atoms with E-state index in [1.807, 2.05) is 16.8 Å². The first-order valence-corrected chi connectivity index (χ1v) is 7.32. The Labute approximate surface area is 125 Å². The largest absolute Gasteiger partial charge is 0.493 e. The number of benzene rings is 1. The molecule has 0 aliphatic carbocycles. The monoisotopic (exact) mass is 284 g/mol. The first kappa shape index (κ1) is 15.0. The molecule has 5 nitrogen and oxygen atoms in total. The lowest BCUT2D eigenvalue weighted by molar-refractivity contribution is 0.297. The molecule has 0 fully saturated rings. The molecule has 0 unspecified atom stereocenters. The highest BCUT2D eigenvalue weighted by Crippen LogP contribution is 2.13. The molecule has 110 valence electrons. The fourth-order valence-corrected chi connectivity index (χ4v) is 2.08. The number of ether oxygens (including phenoxy) is 1. The molecule has 0 spiro atoms. The maximum absolute atomic E-state index is 8.84. The number of aromatic nitrogens is 3. The average molecular weight is 284 g/mol. The van der Waals surface area contributed by atoms with Gasteiger partial charge in [0.05, 0.1) is 18.2 Å². The molecule has 0 saturated heterocycles. The zero-order chi connectivity index (χ0) is 15.1. The molecule has 0 aliphatic heterocycles. The molecule has 0 atom stereocenters. The predicted octanol–water partition coefficient (Wildman–Crippen LogP) is 2.74. The van der Waals surface area contributed by atoms with E-state index >= 15 is 0 Å². The van der Waals surface area contributed by atoms with Crippen LogP contribution in [0.3, 0.4) is 0 Å². The summed E-state index contributed by atoms with van der Waals surface area (Å²) in [4.78, 5) is 4.48. The Bertz CT molecular complexity index is 627. The van der Waals surface area contributed by atoms with E-state index in [1.165, 1.54) is 0 Å². The summed E-state index contributed by atoms with van der Waals surface area (Å²) in [5, 5.41) is 13.3. The molecule has 0 aliphatic rings. The summed E-state index contributed by atoms with van der Waals surface area (Å²) in [6.45, 7) is 5.54. The molecule has 0 bridgehead atoms. The summed E-state index contributed by atoms with van der Waals surface area (Å²) in [6, 6.07) is 9.31. The van der Waals surface area contributed by atoms with Gasteiger partial charge in [0, 0.05) is 25.8 Å². The first-order chi connectivity index (χ1) is 10.3. The van der Waals surface area contributed by atoms with Crippen molar-refractivity contribution in [3.8, 4) is 11.8 Å². The molecule has 0 N–H and O–H groups in total. The Morgan fingerprint density at radius 3 is 2.86 bits per heavy atom. The van der Waals surface area contributed by atoms with E-state index < -0.39 is 0 Å². The molecular weight excluding hydrogens is 264 g/mol. The summed E-state index contributed by atoms with van der Waals surface area (Å²) >= 11 is 0. The number of aryl methyl sites for hydroxylation is 3. The molecule has 2 aromatic rings. The van der Waals surface area contributed by atoms with Gasteiger partial charge in [-0.2, -0.15) is 10.4 Å². The molecule has 1 aromatic carbocycles. The van der Waals surface area contributed by atoms with Gasteiger partial charge >= 0.3 is 0 Å². The summed E-state index contributed by atoms with van der Waals surface area (Å²) in [5.74, 6) is 2.66. The van der Waals surface area contributed by atoms with Crippen LogP contribution < -0.4 is 4.74 Å². The topological polar surface area (TPSA) is 63.7 Å². The van der Waals surface area contributed by atoms with Gasteiger partial charge in [-0.05, 0) is 18.2 Å². The third-order valence-corrected chi connectivity index (χ3v) is 3.17. The smallest absolute Gasteiger partial charge is 0.150 e. The van der Waals surface area contributed by atoms with Crippen molar-refractivity contribution < 1.29 is 4.74 Å². The number of hydrogen-bond donors (Lipinski definition) is 0. The number of hydrogen-bond acceptors (Lipinski definition) is 4. The van der Waals surface area contributed by atoms with Crippen LogP contribution in [-0.4, -0.2) is 21.4 Å². The van der Waals surface area contributed by atoms with E-state index in [2.05, 4.69) is 30.0 Å². The molecule has 5 heteroatoms. The van der Waals surface area contributed by atoms with Crippen molar-refractivity contribution in [2.45, 2.75) is 39.7 Å². The van der Waals surface area contributed by atoms with E-state index in [0.717, 1.165) is 43.2 Å². The van der Waals surface area contributed by atoms with E-state index in [4.69, 9.17) is 10.00 Å². The summed E-state index contributed by atoms with van der Waals surface area (Å²) in [5.41, 5.74) is 0.615. The third-order valence-electron chi connectivity index (χ3n) is 3.17. The summed E-state index contributed by atoms with van der Waals surface area (Å²) in [7, 11) is 0. The molecule has 1 aromatic heterocycles. The van der Waals surface area contributed by atoms with E-state index in [9.17, 15) is 0 Å². The average Bonchev–Trinajstić information content (AvgIpc) is 2.94. The molecule has 0 saturated carbocycles. The molecule has 0 amide bonds. The highest BCUT2D eigenvalue weighted by Gasteiger charge is 2.06. The lowest BCUT2D eigenvalue weighted by Crippen LogP contribution is -2.09. The van der Waals surface area contributed by atoms with Gasteiger partial charge < -0.3 is 4.74 Å². The van der Waals surface area contributed by atoms with Crippen molar-refractivity contribution in [3.63, 3.8) is 0 Å². The zero-order valence-corrected chi connectivity index (χ0v) is 12.5.